The van der Waals surface area contributed by atoms with Crippen molar-refractivity contribution in [2.24, 2.45) is 0 Å². The normalized spacial score (nSPS) is 11.2. The first-order valence-electron chi connectivity index (χ1n) is 8.91. The minimum absolute atomic E-state index is 0.481. The Labute approximate surface area is 149 Å². The number of hydrogen-bond acceptors (Lipinski definition) is 0. The zero-order valence-corrected chi connectivity index (χ0v) is 14.7. The van der Waals surface area contributed by atoms with E-state index < -0.39 is 0 Å². The van der Waals surface area contributed by atoms with E-state index >= 15 is 0 Å². The molecule has 0 atom stereocenters. The Hall–Kier alpha value is -2.86. The molecular formula is C25H22. The van der Waals surface area contributed by atoms with Gasteiger partial charge in [0.2, 0.25) is 0 Å². The molecule has 0 unspecified atom stereocenters. The Bertz CT molecular complexity index is 993. The van der Waals surface area contributed by atoms with Crippen molar-refractivity contribution in [1.82, 2.24) is 0 Å². The molecule has 0 N–H and O–H groups in total. The molecule has 0 nitrogen and oxygen atoms in total. The first kappa shape index (κ1) is 15.7. The third-order valence-corrected chi connectivity index (χ3v) is 4.85. The van der Waals surface area contributed by atoms with Crippen molar-refractivity contribution in [2.75, 3.05) is 0 Å². The van der Waals surface area contributed by atoms with E-state index in [9.17, 15) is 0 Å². The van der Waals surface area contributed by atoms with Crippen molar-refractivity contribution in [3.63, 3.8) is 0 Å². The second-order valence-corrected chi connectivity index (χ2v) is 6.85. The fourth-order valence-electron chi connectivity index (χ4n) is 3.64. The number of hydrogen-bond donors (Lipinski definition) is 0. The zero-order valence-electron chi connectivity index (χ0n) is 14.7. The predicted octanol–water partition coefficient (Wildman–Crippen LogP) is 7.30. The van der Waals surface area contributed by atoms with Gasteiger partial charge in [-0.1, -0.05) is 105 Å². The summed E-state index contributed by atoms with van der Waals surface area (Å²) in [5.41, 5.74) is 6.58. The molecule has 0 aliphatic rings. The van der Waals surface area contributed by atoms with Crippen LogP contribution in [0.4, 0.5) is 0 Å². The van der Waals surface area contributed by atoms with Gasteiger partial charge < -0.3 is 0 Å². The van der Waals surface area contributed by atoms with E-state index in [2.05, 4.69) is 105 Å². The number of rotatable bonds is 3. The van der Waals surface area contributed by atoms with Crippen LogP contribution in [0.5, 0.6) is 0 Å². The molecule has 0 radical (unpaired) electrons. The molecular weight excluding hydrogens is 300 g/mol. The molecule has 0 amide bonds. The smallest absolute Gasteiger partial charge is 0.0143 e. The molecule has 0 aromatic heterocycles. The van der Waals surface area contributed by atoms with Crippen LogP contribution in [0, 0.1) is 0 Å². The Morgan fingerprint density at radius 3 is 1.84 bits per heavy atom. The highest BCUT2D eigenvalue weighted by Crippen LogP contribution is 2.36. The van der Waals surface area contributed by atoms with E-state index in [4.69, 9.17) is 0 Å². The van der Waals surface area contributed by atoms with E-state index in [0.29, 0.717) is 5.92 Å². The van der Waals surface area contributed by atoms with Gasteiger partial charge in [-0.25, -0.2) is 0 Å². The molecule has 0 bridgehead atoms. The standard InChI is InChI=1S/C25H22/c1-18(2)25-23-11-7-6-10-21(23)16-17-24(25)22-14-12-20(13-15-22)19-8-4-3-5-9-19/h3-18H,1-2H3. The molecule has 0 spiro atoms. The van der Waals surface area contributed by atoms with Gasteiger partial charge in [0.05, 0.1) is 0 Å². The van der Waals surface area contributed by atoms with Gasteiger partial charge in [-0.05, 0) is 44.5 Å². The zero-order chi connectivity index (χ0) is 17.2. The van der Waals surface area contributed by atoms with Gasteiger partial charge in [0.25, 0.3) is 0 Å². The summed E-state index contributed by atoms with van der Waals surface area (Å²) in [4.78, 5) is 0. The predicted molar refractivity (Wildman–Crippen MR) is 109 cm³/mol. The van der Waals surface area contributed by atoms with E-state index in [-0.39, 0.29) is 0 Å². The molecule has 0 heteroatoms. The number of fused-ring (bicyclic) bond motifs is 1. The molecule has 0 aliphatic heterocycles. The molecule has 4 aromatic carbocycles. The van der Waals surface area contributed by atoms with Crippen molar-refractivity contribution in [1.29, 1.82) is 0 Å². The fourth-order valence-corrected chi connectivity index (χ4v) is 3.64. The summed E-state index contributed by atoms with van der Waals surface area (Å²) >= 11 is 0. The van der Waals surface area contributed by atoms with Crippen molar-refractivity contribution >= 4 is 10.8 Å². The van der Waals surface area contributed by atoms with E-state index in [1.165, 1.54) is 38.6 Å². The maximum absolute atomic E-state index is 2.28. The van der Waals surface area contributed by atoms with Crippen LogP contribution in [0.3, 0.4) is 0 Å². The van der Waals surface area contributed by atoms with E-state index in [1.54, 1.807) is 0 Å². The SMILES string of the molecule is CC(C)c1c(-c2ccc(-c3ccccc3)cc2)ccc2ccccc12. The summed E-state index contributed by atoms with van der Waals surface area (Å²) in [5.74, 6) is 0.481. The lowest BCUT2D eigenvalue weighted by Crippen LogP contribution is -1.94. The Morgan fingerprint density at radius 1 is 0.520 bits per heavy atom. The van der Waals surface area contributed by atoms with Crippen molar-refractivity contribution in [2.45, 2.75) is 19.8 Å². The lowest BCUT2D eigenvalue weighted by atomic mass is 9.87. The van der Waals surface area contributed by atoms with Gasteiger partial charge in [-0.15, -0.1) is 0 Å². The first-order chi connectivity index (χ1) is 12.2. The topological polar surface area (TPSA) is 0 Å². The van der Waals surface area contributed by atoms with Crippen LogP contribution in [0.1, 0.15) is 25.3 Å². The van der Waals surface area contributed by atoms with Gasteiger partial charge in [0.15, 0.2) is 0 Å². The van der Waals surface area contributed by atoms with Crippen LogP contribution in [0.25, 0.3) is 33.0 Å². The molecule has 4 rings (SSSR count). The van der Waals surface area contributed by atoms with Crippen LogP contribution in [0.2, 0.25) is 0 Å². The van der Waals surface area contributed by atoms with Crippen molar-refractivity contribution in [3.8, 4) is 22.3 Å². The maximum Gasteiger partial charge on any atom is -0.0143 e. The van der Waals surface area contributed by atoms with Gasteiger partial charge in [0, 0.05) is 0 Å². The lowest BCUT2D eigenvalue weighted by Gasteiger charge is -2.17. The quantitative estimate of drug-likeness (QED) is 0.371. The lowest BCUT2D eigenvalue weighted by molar-refractivity contribution is 0.878. The maximum atomic E-state index is 2.28. The average Bonchev–Trinajstić information content (AvgIpc) is 2.68. The summed E-state index contributed by atoms with van der Waals surface area (Å²) in [6.07, 6.45) is 0. The second-order valence-electron chi connectivity index (χ2n) is 6.85. The monoisotopic (exact) mass is 322 g/mol. The molecule has 4 aromatic rings. The summed E-state index contributed by atoms with van der Waals surface area (Å²) in [5, 5.41) is 2.68. The molecule has 0 aliphatic carbocycles. The van der Waals surface area contributed by atoms with Crippen molar-refractivity contribution < 1.29 is 0 Å². The minimum atomic E-state index is 0.481. The summed E-state index contributed by atoms with van der Waals surface area (Å²) in [7, 11) is 0. The van der Waals surface area contributed by atoms with E-state index in [0.717, 1.165) is 0 Å². The largest absolute Gasteiger partial charge is 0.0622 e. The summed E-state index contributed by atoms with van der Waals surface area (Å²) in [6.45, 7) is 4.56. The molecule has 0 saturated heterocycles. The molecule has 0 saturated carbocycles. The van der Waals surface area contributed by atoms with Gasteiger partial charge in [-0.2, -0.15) is 0 Å². The number of benzene rings is 4. The summed E-state index contributed by atoms with van der Waals surface area (Å²) in [6, 6.07) is 32.7. The third kappa shape index (κ3) is 2.96. The van der Waals surface area contributed by atoms with Gasteiger partial charge >= 0.3 is 0 Å². The molecule has 0 heterocycles. The average molecular weight is 322 g/mol. The van der Waals surface area contributed by atoms with Crippen molar-refractivity contribution in [3.05, 3.63) is 96.6 Å². The van der Waals surface area contributed by atoms with Crippen LogP contribution in [-0.2, 0) is 0 Å². The highest BCUT2D eigenvalue weighted by molar-refractivity contribution is 5.92. The van der Waals surface area contributed by atoms with Crippen LogP contribution < -0.4 is 0 Å². The fraction of sp³-hybridized carbons (Fsp3) is 0.120. The highest BCUT2D eigenvalue weighted by atomic mass is 14.2. The Kier molecular flexibility index (Phi) is 4.11. The third-order valence-electron chi connectivity index (χ3n) is 4.85. The molecule has 122 valence electrons. The van der Waals surface area contributed by atoms with E-state index in [1.807, 2.05) is 0 Å². The Balaban J connectivity index is 1.83. The molecule has 25 heavy (non-hydrogen) atoms. The first-order valence-corrected chi connectivity index (χ1v) is 8.91. The van der Waals surface area contributed by atoms with Crippen LogP contribution in [0.15, 0.2) is 91.0 Å². The van der Waals surface area contributed by atoms with Gasteiger partial charge in [-0.3, -0.25) is 0 Å². The van der Waals surface area contributed by atoms with Crippen LogP contribution >= 0.6 is 0 Å². The summed E-state index contributed by atoms with van der Waals surface area (Å²) < 4.78 is 0. The molecule has 0 fully saturated rings. The highest BCUT2D eigenvalue weighted by Gasteiger charge is 2.12. The van der Waals surface area contributed by atoms with Gasteiger partial charge in [0.1, 0.15) is 0 Å². The Morgan fingerprint density at radius 2 is 1.12 bits per heavy atom. The second kappa shape index (κ2) is 6.57. The van der Waals surface area contributed by atoms with Crippen LogP contribution in [-0.4, -0.2) is 0 Å². The minimum Gasteiger partial charge on any atom is -0.0622 e.